The summed E-state index contributed by atoms with van der Waals surface area (Å²) in [4.78, 5) is 28.9. The number of hydrogen-bond acceptors (Lipinski definition) is 4. The molecule has 3 heterocycles. The highest BCUT2D eigenvalue weighted by Crippen LogP contribution is 2.47. The van der Waals surface area contributed by atoms with Crippen LogP contribution in [-0.2, 0) is 9.59 Å². The SMILES string of the molecule is CC12CCC(=O)N1C(C(=O)NCC1CCN(c3ccccc3)C1)CS2. The number of para-hydroxylation sites is 1. The lowest BCUT2D eigenvalue weighted by molar-refractivity contribution is -0.138. The van der Waals surface area contributed by atoms with E-state index in [9.17, 15) is 9.59 Å². The van der Waals surface area contributed by atoms with Crippen molar-refractivity contribution in [2.45, 2.75) is 37.1 Å². The second-order valence-corrected chi connectivity index (χ2v) is 8.95. The molecule has 3 saturated heterocycles. The lowest BCUT2D eigenvalue weighted by atomic mass is 10.1. The Bertz CT molecular complexity index is 668. The maximum Gasteiger partial charge on any atom is 0.243 e. The van der Waals surface area contributed by atoms with Crippen molar-refractivity contribution in [1.82, 2.24) is 10.2 Å². The van der Waals surface area contributed by atoms with Crippen LogP contribution in [0.1, 0.15) is 26.2 Å². The third-order valence-corrected chi connectivity index (χ3v) is 7.22. The summed E-state index contributed by atoms with van der Waals surface area (Å²) < 4.78 is 0. The van der Waals surface area contributed by atoms with Crippen LogP contribution in [0.15, 0.2) is 30.3 Å². The van der Waals surface area contributed by atoms with E-state index in [-0.39, 0.29) is 22.7 Å². The van der Waals surface area contributed by atoms with Gasteiger partial charge in [-0.2, -0.15) is 0 Å². The molecule has 6 heteroatoms. The summed E-state index contributed by atoms with van der Waals surface area (Å²) in [7, 11) is 0. The van der Waals surface area contributed by atoms with Gasteiger partial charge in [0.05, 0.1) is 4.87 Å². The zero-order valence-electron chi connectivity index (χ0n) is 14.6. The van der Waals surface area contributed by atoms with Crippen molar-refractivity contribution in [1.29, 1.82) is 0 Å². The van der Waals surface area contributed by atoms with E-state index in [0.29, 0.717) is 18.9 Å². The van der Waals surface area contributed by atoms with Gasteiger partial charge < -0.3 is 15.1 Å². The summed E-state index contributed by atoms with van der Waals surface area (Å²) in [6.07, 6.45) is 2.52. The summed E-state index contributed by atoms with van der Waals surface area (Å²) in [5.74, 6) is 1.33. The molecule has 1 aromatic rings. The second kappa shape index (κ2) is 6.56. The number of nitrogens with one attached hydrogen (secondary N) is 1. The fourth-order valence-electron chi connectivity index (χ4n) is 4.25. The van der Waals surface area contributed by atoms with Gasteiger partial charge in [-0.15, -0.1) is 11.8 Å². The number of rotatable bonds is 4. The lowest BCUT2D eigenvalue weighted by Crippen LogP contribution is -2.50. The van der Waals surface area contributed by atoms with Crippen molar-refractivity contribution in [3.8, 4) is 0 Å². The fourth-order valence-corrected chi connectivity index (χ4v) is 5.68. The number of fused-ring (bicyclic) bond motifs is 1. The second-order valence-electron chi connectivity index (χ2n) is 7.45. The average Bonchev–Trinajstić information content (AvgIpc) is 3.30. The van der Waals surface area contributed by atoms with Crippen LogP contribution >= 0.6 is 11.8 Å². The van der Waals surface area contributed by atoms with Gasteiger partial charge in [0.15, 0.2) is 0 Å². The van der Waals surface area contributed by atoms with Crippen LogP contribution in [0.5, 0.6) is 0 Å². The van der Waals surface area contributed by atoms with E-state index in [4.69, 9.17) is 0 Å². The van der Waals surface area contributed by atoms with Crippen LogP contribution in [-0.4, -0.2) is 53.0 Å². The van der Waals surface area contributed by atoms with Crippen LogP contribution in [0.25, 0.3) is 0 Å². The summed E-state index contributed by atoms with van der Waals surface area (Å²) in [6.45, 7) is 4.79. The lowest BCUT2D eigenvalue weighted by Gasteiger charge is -2.30. The molecule has 3 aliphatic heterocycles. The largest absolute Gasteiger partial charge is 0.371 e. The van der Waals surface area contributed by atoms with Crippen molar-refractivity contribution in [3.05, 3.63) is 30.3 Å². The van der Waals surface area contributed by atoms with E-state index in [1.54, 1.807) is 11.8 Å². The van der Waals surface area contributed by atoms with Crippen molar-refractivity contribution >= 4 is 29.3 Å². The predicted octanol–water partition coefficient (Wildman–Crippen LogP) is 2.08. The average molecular weight is 359 g/mol. The van der Waals surface area contributed by atoms with E-state index in [0.717, 1.165) is 31.7 Å². The third-order valence-electron chi connectivity index (χ3n) is 5.72. The molecule has 0 saturated carbocycles. The molecule has 0 bridgehead atoms. The standard InChI is InChI=1S/C19H25N3O2S/c1-19-9-7-17(23)22(19)16(13-25-19)18(24)20-11-14-8-10-21(12-14)15-5-3-2-4-6-15/h2-6,14,16H,7-13H2,1H3,(H,20,24). The number of hydrogen-bond donors (Lipinski definition) is 1. The summed E-state index contributed by atoms with van der Waals surface area (Å²) in [5, 5.41) is 3.12. The number of carbonyl (C=O) groups is 2. The zero-order chi connectivity index (χ0) is 17.4. The molecule has 2 amide bonds. The van der Waals surface area contributed by atoms with Crippen LogP contribution in [0.3, 0.4) is 0 Å². The van der Waals surface area contributed by atoms with Crippen molar-refractivity contribution in [2.75, 3.05) is 30.3 Å². The molecule has 0 radical (unpaired) electrons. The Labute approximate surface area is 153 Å². The zero-order valence-corrected chi connectivity index (χ0v) is 15.4. The van der Waals surface area contributed by atoms with Gasteiger partial charge in [-0.25, -0.2) is 0 Å². The molecular weight excluding hydrogens is 334 g/mol. The van der Waals surface area contributed by atoms with E-state index in [1.165, 1.54) is 5.69 Å². The van der Waals surface area contributed by atoms with Gasteiger partial charge in [-0.05, 0) is 37.8 Å². The van der Waals surface area contributed by atoms with Crippen molar-refractivity contribution < 1.29 is 9.59 Å². The van der Waals surface area contributed by atoms with Crippen LogP contribution in [0, 0.1) is 5.92 Å². The minimum atomic E-state index is -0.295. The van der Waals surface area contributed by atoms with Crippen molar-refractivity contribution in [2.24, 2.45) is 5.92 Å². The molecular formula is C19H25N3O2S. The first-order valence-corrected chi connectivity index (χ1v) is 10.1. The number of benzene rings is 1. The van der Waals surface area contributed by atoms with Gasteiger partial charge in [-0.3, -0.25) is 9.59 Å². The minimum absolute atomic E-state index is 0.0182. The first-order valence-electron chi connectivity index (χ1n) is 9.11. The summed E-state index contributed by atoms with van der Waals surface area (Å²) in [5.41, 5.74) is 1.25. The fraction of sp³-hybridized carbons (Fsp3) is 0.579. The van der Waals surface area contributed by atoms with Gasteiger partial charge in [0, 0.05) is 37.5 Å². The Morgan fingerprint density at radius 2 is 2.16 bits per heavy atom. The first-order chi connectivity index (χ1) is 12.1. The Kier molecular flexibility index (Phi) is 4.40. The molecule has 3 atom stereocenters. The van der Waals surface area contributed by atoms with E-state index in [2.05, 4.69) is 41.4 Å². The Balaban J connectivity index is 1.31. The number of anilines is 1. The summed E-state index contributed by atoms with van der Waals surface area (Å²) in [6, 6.07) is 10.1. The van der Waals surface area contributed by atoms with Crippen LogP contribution in [0.4, 0.5) is 5.69 Å². The Morgan fingerprint density at radius 3 is 2.96 bits per heavy atom. The normalized spacial score (nSPS) is 31.5. The smallest absolute Gasteiger partial charge is 0.243 e. The van der Waals surface area contributed by atoms with Crippen LogP contribution < -0.4 is 10.2 Å². The Hall–Kier alpha value is -1.69. The predicted molar refractivity (Wildman–Crippen MR) is 101 cm³/mol. The van der Waals surface area contributed by atoms with Gasteiger partial charge in [0.25, 0.3) is 0 Å². The molecule has 1 aromatic carbocycles. The molecule has 3 unspecified atom stereocenters. The van der Waals surface area contributed by atoms with Gasteiger partial charge in [0.1, 0.15) is 6.04 Å². The molecule has 0 spiro atoms. The molecule has 1 N–H and O–H groups in total. The number of thioether (sulfide) groups is 1. The van der Waals surface area contributed by atoms with E-state index < -0.39 is 0 Å². The molecule has 25 heavy (non-hydrogen) atoms. The van der Waals surface area contributed by atoms with E-state index in [1.807, 2.05) is 11.0 Å². The summed E-state index contributed by atoms with van der Waals surface area (Å²) >= 11 is 1.75. The maximum atomic E-state index is 12.7. The number of amides is 2. The number of carbonyl (C=O) groups excluding carboxylic acids is 2. The maximum absolute atomic E-state index is 12.7. The van der Waals surface area contributed by atoms with Crippen LogP contribution in [0.2, 0.25) is 0 Å². The quantitative estimate of drug-likeness (QED) is 0.894. The van der Waals surface area contributed by atoms with Gasteiger partial charge in [0.2, 0.25) is 11.8 Å². The Morgan fingerprint density at radius 1 is 1.36 bits per heavy atom. The monoisotopic (exact) mass is 359 g/mol. The first kappa shape index (κ1) is 16.8. The molecule has 5 nitrogen and oxygen atoms in total. The molecule has 3 aliphatic rings. The van der Waals surface area contributed by atoms with Gasteiger partial charge in [-0.1, -0.05) is 18.2 Å². The number of nitrogens with zero attached hydrogens (tertiary/aromatic N) is 2. The topological polar surface area (TPSA) is 52.7 Å². The van der Waals surface area contributed by atoms with E-state index >= 15 is 0 Å². The molecule has 3 fully saturated rings. The highest BCUT2D eigenvalue weighted by Gasteiger charge is 2.52. The highest BCUT2D eigenvalue weighted by atomic mass is 32.2. The van der Waals surface area contributed by atoms with Gasteiger partial charge >= 0.3 is 0 Å². The molecule has 0 aliphatic carbocycles. The molecule has 134 valence electrons. The minimum Gasteiger partial charge on any atom is -0.371 e. The molecule has 4 rings (SSSR count). The molecule has 0 aromatic heterocycles. The third kappa shape index (κ3) is 3.12. The van der Waals surface area contributed by atoms with Crippen molar-refractivity contribution in [3.63, 3.8) is 0 Å². The highest BCUT2D eigenvalue weighted by molar-refractivity contribution is 8.01.